The SMILES string of the molecule is CO/C=C(\NC(=O)OC(C)(C)C)C(=O)OC. The maximum absolute atomic E-state index is 11.3. The maximum atomic E-state index is 11.3. The molecule has 16 heavy (non-hydrogen) atoms. The van der Waals surface area contributed by atoms with E-state index in [1.54, 1.807) is 20.8 Å². The van der Waals surface area contributed by atoms with Crippen molar-refractivity contribution in [2.45, 2.75) is 26.4 Å². The van der Waals surface area contributed by atoms with Gasteiger partial charge < -0.3 is 14.2 Å². The number of nitrogens with one attached hydrogen (secondary N) is 1. The molecule has 0 aliphatic carbocycles. The molecule has 0 aromatic carbocycles. The summed E-state index contributed by atoms with van der Waals surface area (Å²) in [5, 5.41) is 2.23. The summed E-state index contributed by atoms with van der Waals surface area (Å²) in [5.41, 5.74) is -0.766. The minimum absolute atomic E-state index is 0.126. The molecule has 0 aliphatic heterocycles. The average molecular weight is 231 g/mol. The highest BCUT2D eigenvalue weighted by Gasteiger charge is 2.20. The van der Waals surface area contributed by atoms with Crippen LogP contribution in [0.3, 0.4) is 0 Å². The van der Waals surface area contributed by atoms with Crippen LogP contribution < -0.4 is 5.32 Å². The molecular formula is C10H17NO5. The summed E-state index contributed by atoms with van der Waals surface area (Å²) in [6, 6.07) is 0. The molecule has 1 amide bonds. The van der Waals surface area contributed by atoms with Gasteiger partial charge in [0.25, 0.3) is 0 Å². The molecule has 0 heterocycles. The minimum atomic E-state index is -0.749. The first-order valence-corrected chi connectivity index (χ1v) is 4.61. The lowest BCUT2D eigenvalue weighted by atomic mass is 10.2. The number of hydrogen-bond donors (Lipinski definition) is 1. The molecule has 0 saturated carbocycles. The van der Waals surface area contributed by atoms with E-state index < -0.39 is 17.7 Å². The zero-order valence-electron chi connectivity index (χ0n) is 10.1. The Morgan fingerprint density at radius 3 is 2.12 bits per heavy atom. The Morgan fingerprint density at radius 1 is 1.19 bits per heavy atom. The normalized spacial score (nSPS) is 11.7. The van der Waals surface area contributed by atoms with Crippen molar-refractivity contribution in [3.05, 3.63) is 12.0 Å². The van der Waals surface area contributed by atoms with E-state index in [1.807, 2.05) is 0 Å². The fourth-order valence-electron chi connectivity index (χ4n) is 0.770. The van der Waals surface area contributed by atoms with E-state index in [-0.39, 0.29) is 5.70 Å². The topological polar surface area (TPSA) is 73.9 Å². The molecule has 0 bridgehead atoms. The fraction of sp³-hybridized carbons (Fsp3) is 0.600. The minimum Gasteiger partial charge on any atom is -0.502 e. The van der Waals surface area contributed by atoms with E-state index in [0.717, 1.165) is 6.26 Å². The Hall–Kier alpha value is -1.72. The van der Waals surface area contributed by atoms with Crippen LogP contribution in [0.2, 0.25) is 0 Å². The molecule has 0 radical (unpaired) electrons. The fourth-order valence-corrected chi connectivity index (χ4v) is 0.770. The first kappa shape index (κ1) is 14.3. The van der Waals surface area contributed by atoms with Crippen molar-refractivity contribution in [2.75, 3.05) is 14.2 Å². The average Bonchev–Trinajstić information content (AvgIpc) is 2.13. The number of rotatable bonds is 3. The van der Waals surface area contributed by atoms with Gasteiger partial charge in [0.15, 0.2) is 5.70 Å². The largest absolute Gasteiger partial charge is 0.502 e. The van der Waals surface area contributed by atoms with Crippen molar-refractivity contribution >= 4 is 12.1 Å². The Labute approximate surface area is 94.5 Å². The molecule has 0 aliphatic rings. The van der Waals surface area contributed by atoms with Gasteiger partial charge >= 0.3 is 12.1 Å². The molecule has 1 N–H and O–H groups in total. The molecule has 92 valence electrons. The summed E-state index contributed by atoms with van der Waals surface area (Å²) in [5.74, 6) is -0.715. The predicted molar refractivity (Wildman–Crippen MR) is 56.5 cm³/mol. The molecule has 6 nitrogen and oxygen atoms in total. The van der Waals surface area contributed by atoms with Gasteiger partial charge in [0.1, 0.15) is 11.9 Å². The Bertz CT molecular complexity index is 290. The zero-order valence-corrected chi connectivity index (χ0v) is 10.1. The van der Waals surface area contributed by atoms with Crippen molar-refractivity contribution in [2.24, 2.45) is 0 Å². The third-order valence-electron chi connectivity index (χ3n) is 1.28. The van der Waals surface area contributed by atoms with Crippen molar-refractivity contribution in [1.82, 2.24) is 5.32 Å². The first-order valence-electron chi connectivity index (χ1n) is 4.61. The van der Waals surface area contributed by atoms with Crippen LogP contribution in [0.5, 0.6) is 0 Å². The Kier molecular flexibility index (Phi) is 5.35. The van der Waals surface area contributed by atoms with Gasteiger partial charge in [0, 0.05) is 0 Å². The van der Waals surface area contributed by atoms with Gasteiger partial charge in [0.2, 0.25) is 0 Å². The lowest BCUT2D eigenvalue weighted by Gasteiger charge is -2.19. The van der Waals surface area contributed by atoms with Crippen LogP contribution in [-0.4, -0.2) is 31.9 Å². The molecule has 0 spiro atoms. The smallest absolute Gasteiger partial charge is 0.412 e. The molecule has 0 fully saturated rings. The second kappa shape index (κ2) is 5.99. The third kappa shape index (κ3) is 5.90. The standard InChI is InChI=1S/C10H17NO5/c1-10(2,3)16-9(13)11-7(6-14-4)8(12)15-5/h6H,1-5H3,(H,11,13)/b7-6-. The summed E-state index contributed by atoms with van der Waals surface area (Å²) < 4.78 is 14.0. The predicted octanol–water partition coefficient (Wildman–Crippen LogP) is 1.17. The summed E-state index contributed by atoms with van der Waals surface area (Å²) in [6.45, 7) is 5.14. The first-order chi connectivity index (χ1) is 7.30. The molecule has 0 aromatic heterocycles. The van der Waals surface area contributed by atoms with E-state index in [2.05, 4.69) is 14.8 Å². The quantitative estimate of drug-likeness (QED) is 0.448. The van der Waals surface area contributed by atoms with Crippen LogP contribution in [0, 0.1) is 0 Å². The number of carbonyl (C=O) groups excluding carboxylic acids is 2. The van der Waals surface area contributed by atoms with Crippen molar-refractivity contribution < 1.29 is 23.8 Å². The second-order valence-electron chi connectivity index (χ2n) is 3.89. The van der Waals surface area contributed by atoms with Gasteiger partial charge in [-0.3, -0.25) is 5.32 Å². The van der Waals surface area contributed by atoms with Crippen molar-refractivity contribution in [3.63, 3.8) is 0 Å². The van der Waals surface area contributed by atoms with Crippen LogP contribution >= 0.6 is 0 Å². The Morgan fingerprint density at radius 2 is 1.75 bits per heavy atom. The molecule has 0 atom stereocenters. The number of amides is 1. The van der Waals surface area contributed by atoms with Crippen LogP contribution in [0.4, 0.5) is 4.79 Å². The number of methoxy groups -OCH3 is 2. The molecule has 0 saturated heterocycles. The van der Waals surface area contributed by atoms with Crippen LogP contribution in [0.1, 0.15) is 20.8 Å². The lowest BCUT2D eigenvalue weighted by Crippen LogP contribution is -2.34. The van der Waals surface area contributed by atoms with E-state index >= 15 is 0 Å². The highest BCUT2D eigenvalue weighted by atomic mass is 16.6. The summed E-state index contributed by atoms with van der Waals surface area (Å²) in [6.07, 6.45) is 0.316. The summed E-state index contributed by atoms with van der Waals surface area (Å²) in [7, 11) is 2.54. The lowest BCUT2D eigenvalue weighted by molar-refractivity contribution is -0.136. The molecule has 0 rings (SSSR count). The van der Waals surface area contributed by atoms with E-state index in [4.69, 9.17) is 4.74 Å². The van der Waals surface area contributed by atoms with Gasteiger partial charge in [-0.1, -0.05) is 0 Å². The molecule has 0 unspecified atom stereocenters. The molecule has 6 heteroatoms. The number of hydrogen-bond acceptors (Lipinski definition) is 5. The van der Waals surface area contributed by atoms with Crippen molar-refractivity contribution in [3.8, 4) is 0 Å². The second-order valence-corrected chi connectivity index (χ2v) is 3.89. The zero-order chi connectivity index (χ0) is 12.8. The van der Waals surface area contributed by atoms with E-state index in [9.17, 15) is 9.59 Å². The number of esters is 1. The highest BCUT2D eigenvalue weighted by molar-refractivity contribution is 5.91. The molecule has 0 aromatic rings. The van der Waals surface area contributed by atoms with Crippen LogP contribution in [0.15, 0.2) is 12.0 Å². The maximum Gasteiger partial charge on any atom is 0.412 e. The summed E-state index contributed by atoms with van der Waals surface area (Å²) >= 11 is 0. The van der Waals surface area contributed by atoms with Gasteiger partial charge in [-0.2, -0.15) is 0 Å². The molecular weight excluding hydrogens is 214 g/mol. The van der Waals surface area contributed by atoms with Crippen molar-refractivity contribution in [1.29, 1.82) is 0 Å². The third-order valence-corrected chi connectivity index (χ3v) is 1.28. The highest BCUT2D eigenvalue weighted by Crippen LogP contribution is 2.07. The van der Waals surface area contributed by atoms with E-state index in [1.165, 1.54) is 14.2 Å². The van der Waals surface area contributed by atoms with Gasteiger partial charge in [-0.05, 0) is 20.8 Å². The Balaban J connectivity index is 4.48. The number of ether oxygens (including phenoxy) is 3. The van der Waals surface area contributed by atoms with E-state index in [0.29, 0.717) is 0 Å². The number of carbonyl (C=O) groups is 2. The summed E-state index contributed by atoms with van der Waals surface area (Å²) in [4.78, 5) is 22.5. The van der Waals surface area contributed by atoms with Gasteiger partial charge in [-0.25, -0.2) is 9.59 Å². The van der Waals surface area contributed by atoms with Gasteiger partial charge in [0.05, 0.1) is 14.2 Å². The van der Waals surface area contributed by atoms with Crippen LogP contribution in [-0.2, 0) is 19.0 Å². The number of alkyl carbamates (subject to hydrolysis) is 1. The monoisotopic (exact) mass is 231 g/mol. The van der Waals surface area contributed by atoms with Gasteiger partial charge in [-0.15, -0.1) is 0 Å². The van der Waals surface area contributed by atoms with Crippen LogP contribution in [0.25, 0.3) is 0 Å².